The van der Waals surface area contributed by atoms with E-state index in [1.807, 2.05) is 32.6 Å². The average Bonchev–Trinajstić information content (AvgIpc) is 3.19. The standard InChI is InChI=1S/C24H33N11O2/c1-14(2)28-24(37)30-19-8-6-18(7-9-19)29-23-31-22(25)35(32-23)21-10-20(26-13-27-21)33-11-15(3)34(17(5)36)16(4)12-33/h6-10,13-16H,11-12H2,1-5H3,(H2,28,30,37)(H3,25,29,31,32)/t15-,16+. The van der Waals surface area contributed by atoms with Crippen LogP contribution < -0.4 is 26.6 Å². The molecule has 1 aliphatic heterocycles. The highest BCUT2D eigenvalue weighted by Crippen LogP contribution is 2.24. The van der Waals surface area contributed by atoms with Crippen LogP contribution in [0.3, 0.4) is 0 Å². The summed E-state index contributed by atoms with van der Waals surface area (Å²) in [5.74, 6) is 1.74. The summed E-state index contributed by atoms with van der Waals surface area (Å²) >= 11 is 0. The molecule has 0 spiro atoms. The van der Waals surface area contributed by atoms with E-state index in [1.165, 1.54) is 11.0 Å². The van der Waals surface area contributed by atoms with E-state index in [4.69, 9.17) is 5.73 Å². The first-order chi connectivity index (χ1) is 17.6. The second-order valence-corrected chi connectivity index (χ2v) is 9.42. The molecule has 1 saturated heterocycles. The van der Waals surface area contributed by atoms with E-state index >= 15 is 0 Å². The molecule has 3 aromatic rings. The second kappa shape index (κ2) is 10.7. The van der Waals surface area contributed by atoms with Gasteiger partial charge >= 0.3 is 6.03 Å². The van der Waals surface area contributed by atoms with Crippen LogP contribution in [0.5, 0.6) is 0 Å². The lowest BCUT2D eigenvalue weighted by atomic mass is 10.1. The first kappa shape index (κ1) is 25.7. The van der Waals surface area contributed by atoms with Gasteiger partial charge in [0, 0.05) is 55.6 Å². The monoisotopic (exact) mass is 507 g/mol. The highest BCUT2D eigenvalue weighted by molar-refractivity contribution is 5.89. The summed E-state index contributed by atoms with van der Waals surface area (Å²) in [7, 11) is 0. The summed E-state index contributed by atoms with van der Waals surface area (Å²) in [4.78, 5) is 41.0. The number of anilines is 5. The summed E-state index contributed by atoms with van der Waals surface area (Å²) in [6.07, 6.45) is 1.47. The quantitative estimate of drug-likeness (QED) is 0.393. The number of rotatable bonds is 6. The zero-order valence-corrected chi connectivity index (χ0v) is 21.6. The normalized spacial score (nSPS) is 17.6. The third kappa shape index (κ3) is 6.05. The van der Waals surface area contributed by atoms with Gasteiger partial charge in [-0.25, -0.2) is 14.8 Å². The van der Waals surface area contributed by atoms with Gasteiger partial charge in [-0.05, 0) is 52.0 Å². The van der Waals surface area contributed by atoms with Crippen molar-refractivity contribution in [3.63, 3.8) is 0 Å². The SMILES string of the molecule is CC(=O)N1[C@H](C)CN(c2cc(-n3nc(Nc4ccc(NC(=O)NC(C)C)cc4)nc3N)ncn2)C[C@@H]1C. The maximum atomic E-state index is 12.0. The molecule has 0 saturated carbocycles. The van der Waals surface area contributed by atoms with Crippen molar-refractivity contribution in [2.45, 2.75) is 52.7 Å². The van der Waals surface area contributed by atoms with Gasteiger partial charge in [-0.15, -0.1) is 5.10 Å². The van der Waals surface area contributed by atoms with Crippen LogP contribution in [-0.2, 0) is 4.79 Å². The molecule has 5 N–H and O–H groups in total. The van der Waals surface area contributed by atoms with E-state index in [1.54, 1.807) is 37.3 Å². The lowest BCUT2D eigenvalue weighted by Gasteiger charge is -2.44. The number of carbonyl (C=O) groups is 2. The Morgan fingerprint density at radius 1 is 1.03 bits per heavy atom. The number of piperazine rings is 1. The smallest absolute Gasteiger partial charge is 0.319 e. The fourth-order valence-corrected chi connectivity index (χ4v) is 4.50. The van der Waals surface area contributed by atoms with E-state index in [-0.39, 0.29) is 36.0 Å². The molecule has 3 heterocycles. The van der Waals surface area contributed by atoms with Crippen LogP contribution in [0.1, 0.15) is 34.6 Å². The first-order valence-electron chi connectivity index (χ1n) is 12.1. The minimum absolute atomic E-state index is 0.0441. The average molecular weight is 508 g/mol. The van der Waals surface area contributed by atoms with Crippen LogP contribution >= 0.6 is 0 Å². The molecule has 13 heteroatoms. The van der Waals surface area contributed by atoms with Crippen molar-refractivity contribution in [2.75, 3.05) is 34.4 Å². The van der Waals surface area contributed by atoms with Gasteiger partial charge in [0.25, 0.3) is 0 Å². The Morgan fingerprint density at radius 3 is 2.27 bits per heavy atom. The summed E-state index contributed by atoms with van der Waals surface area (Å²) in [6, 6.07) is 8.83. The van der Waals surface area contributed by atoms with Crippen LogP contribution in [-0.4, -0.2) is 72.8 Å². The highest BCUT2D eigenvalue weighted by Gasteiger charge is 2.31. The Labute approximate surface area is 215 Å². The van der Waals surface area contributed by atoms with Crippen LogP contribution in [0, 0.1) is 0 Å². The molecule has 4 rings (SSSR count). The molecule has 0 radical (unpaired) electrons. The number of nitrogens with zero attached hydrogens (tertiary/aromatic N) is 7. The zero-order valence-electron chi connectivity index (χ0n) is 21.6. The van der Waals surface area contributed by atoms with Crippen molar-refractivity contribution in [1.29, 1.82) is 0 Å². The van der Waals surface area contributed by atoms with Crippen molar-refractivity contribution < 1.29 is 9.59 Å². The number of aromatic nitrogens is 5. The van der Waals surface area contributed by atoms with Crippen molar-refractivity contribution in [2.24, 2.45) is 0 Å². The second-order valence-electron chi connectivity index (χ2n) is 9.42. The molecular weight excluding hydrogens is 474 g/mol. The Hall–Kier alpha value is -4.42. The van der Waals surface area contributed by atoms with Crippen molar-refractivity contribution in [3.05, 3.63) is 36.7 Å². The molecule has 0 bridgehead atoms. The molecule has 196 valence electrons. The van der Waals surface area contributed by atoms with Gasteiger partial charge < -0.3 is 31.5 Å². The molecule has 0 unspecified atom stereocenters. The fourth-order valence-electron chi connectivity index (χ4n) is 4.50. The number of benzene rings is 1. The number of nitrogen functional groups attached to an aromatic ring is 1. The minimum atomic E-state index is -0.266. The van der Waals surface area contributed by atoms with Crippen LogP contribution in [0.2, 0.25) is 0 Å². The van der Waals surface area contributed by atoms with Gasteiger partial charge in [-0.2, -0.15) is 9.67 Å². The largest absolute Gasteiger partial charge is 0.368 e. The van der Waals surface area contributed by atoms with Crippen molar-refractivity contribution in [3.8, 4) is 5.82 Å². The molecule has 1 fully saturated rings. The van der Waals surface area contributed by atoms with Crippen LogP contribution in [0.4, 0.5) is 33.9 Å². The molecule has 37 heavy (non-hydrogen) atoms. The number of nitrogens with one attached hydrogen (secondary N) is 3. The molecule has 2 atom stereocenters. The number of nitrogens with two attached hydrogens (primary N) is 1. The Morgan fingerprint density at radius 2 is 1.65 bits per heavy atom. The summed E-state index contributed by atoms with van der Waals surface area (Å²) in [6.45, 7) is 10.8. The fraction of sp³-hybridized carbons (Fsp3) is 0.417. The Kier molecular flexibility index (Phi) is 7.41. The number of hydrogen-bond acceptors (Lipinski definition) is 9. The van der Waals surface area contributed by atoms with Gasteiger partial charge in [0.1, 0.15) is 12.1 Å². The summed E-state index contributed by atoms with van der Waals surface area (Å²) < 4.78 is 1.44. The van der Waals surface area contributed by atoms with Crippen LogP contribution in [0.15, 0.2) is 36.7 Å². The van der Waals surface area contributed by atoms with Gasteiger partial charge in [-0.3, -0.25) is 4.79 Å². The topological polar surface area (TPSA) is 159 Å². The lowest BCUT2D eigenvalue weighted by molar-refractivity contribution is -0.133. The molecule has 3 amide bonds. The highest BCUT2D eigenvalue weighted by atomic mass is 16.2. The van der Waals surface area contributed by atoms with Gasteiger partial charge in [0.05, 0.1) is 0 Å². The van der Waals surface area contributed by atoms with E-state index < -0.39 is 0 Å². The maximum absolute atomic E-state index is 12.0. The molecule has 0 aliphatic carbocycles. The molecule has 2 aromatic heterocycles. The van der Waals surface area contributed by atoms with Crippen molar-refractivity contribution in [1.82, 2.24) is 34.9 Å². The van der Waals surface area contributed by atoms with Gasteiger partial charge in [0.15, 0.2) is 5.82 Å². The summed E-state index contributed by atoms with van der Waals surface area (Å²) in [5, 5.41) is 13.1. The van der Waals surface area contributed by atoms with E-state index in [9.17, 15) is 9.59 Å². The maximum Gasteiger partial charge on any atom is 0.319 e. The molecule has 1 aromatic carbocycles. The zero-order chi connectivity index (χ0) is 26.7. The molecule has 1 aliphatic rings. The van der Waals surface area contributed by atoms with E-state index in [0.29, 0.717) is 30.5 Å². The first-order valence-corrected chi connectivity index (χ1v) is 12.1. The molecule has 13 nitrogen and oxygen atoms in total. The van der Waals surface area contributed by atoms with Crippen LogP contribution in [0.25, 0.3) is 5.82 Å². The number of carbonyl (C=O) groups excluding carboxylic acids is 2. The predicted octanol–water partition coefficient (Wildman–Crippen LogP) is 2.36. The van der Waals surface area contributed by atoms with E-state index in [2.05, 4.69) is 40.9 Å². The predicted molar refractivity (Wildman–Crippen MR) is 142 cm³/mol. The minimum Gasteiger partial charge on any atom is -0.368 e. The molecular formula is C24H33N11O2. The number of hydrogen-bond donors (Lipinski definition) is 4. The summed E-state index contributed by atoms with van der Waals surface area (Å²) in [5.41, 5.74) is 7.53. The lowest BCUT2D eigenvalue weighted by Crippen LogP contribution is -2.58. The Bertz CT molecular complexity index is 1250. The van der Waals surface area contributed by atoms with Gasteiger partial charge in [0.2, 0.25) is 17.8 Å². The van der Waals surface area contributed by atoms with E-state index in [0.717, 1.165) is 11.5 Å². The van der Waals surface area contributed by atoms with Gasteiger partial charge in [-0.1, -0.05) is 0 Å². The number of amides is 3. The van der Waals surface area contributed by atoms with Crippen molar-refractivity contribution >= 4 is 41.0 Å². The Balaban J connectivity index is 1.46. The number of urea groups is 1. The third-order valence-electron chi connectivity index (χ3n) is 5.91. The third-order valence-corrected chi connectivity index (χ3v) is 5.91.